The van der Waals surface area contributed by atoms with Crippen LogP contribution in [0.5, 0.6) is 0 Å². The maximum atomic E-state index is 11.9. The van der Waals surface area contributed by atoms with Gasteiger partial charge in [-0.05, 0) is 24.6 Å². The Kier molecular flexibility index (Phi) is 3.77. The first-order chi connectivity index (χ1) is 8.97. The van der Waals surface area contributed by atoms with Gasteiger partial charge in [-0.25, -0.2) is 4.98 Å². The number of aryl methyl sites for hydroxylation is 1. The number of nitro groups is 1. The highest BCUT2D eigenvalue weighted by molar-refractivity contribution is 7.17. The number of carbonyl (C=O) groups excluding carboxylic acids is 1. The van der Waals surface area contributed by atoms with E-state index in [0.717, 1.165) is 16.9 Å². The second-order valence-corrected chi connectivity index (χ2v) is 5.10. The van der Waals surface area contributed by atoms with E-state index >= 15 is 0 Å². The molecule has 0 saturated carbocycles. The summed E-state index contributed by atoms with van der Waals surface area (Å²) in [7, 11) is 0. The van der Waals surface area contributed by atoms with Crippen LogP contribution in [0.4, 0.5) is 10.7 Å². The molecule has 2 rings (SSSR count). The first kappa shape index (κ1) is 13.4. The predicted octanol–water partition coefficient (Wildman–Crippen LogP) is 3.27. The molecule has 0 saturated heterocycles. The molecular weight excluding hydrogens is 290 g/mol. The largest absolute Gasteiger partial charge is 0.324 e. The third kappa shape index (κ3) is 3.07. The molecule has 19 heavy (non-hydrogen) atoms. The van der Waals surface area contributed by atoms with Gasteiger partial charge in [0.05, 0.1) is 21.7 Å². The van der Waals surface area contributed by atoms with Crippen LogP contribution in [-0.2, 0) is 0 Å². The lowest BCUT2D eigenvalue weighted by Crippen LogP contribution is -2.10. The molecule has 0 atom stereocenters. The average Bonchev–Trinajstić information content (AvgIpc) is 2.83. The molecule has 0 spiro atoms. The van der Waals surface area contributed by atoms with Crippen molar-refractivity contribution in [3.05, 3.63) is 50.1 Å². The van der Waals surface area contributed by atoms with Crippen LogP contribution in [0.3, 0.4) is 0 Å². The number of anilines is 1. The van der Waals surface area contributed by atoms with Gasteiger partial charge in [0.25, 0.3) is 5.91 Å². The third-order valence-corrected chi connectivity index (χ3v) is 3.70. The van der Waals surface area contributed by atoms with Gasteiger partial charge in [0.15, 0.2) is 0 Å². The van der Waals surface area contributed by atoms with Gasteiger partial charge in [0.1, 0.15) is 5.15 Å². The number of nitrogens with one attached hydrogen (secondary N) is 1. The zero-order valence-corrected chi connectivity index (χ0v) is 11.3. The normalized spacial score (nSPS) is 10.2. The van der Waals surface area contributed by atoms with E-state index in [-0.39, 0.29) is 9.88 Å². The molecule has 1 amide bonds. The minimum Gasteiger partial charge on any atom is -0.320 e. The van der Waals surface area contributed by atoms with Gasteiger partial charge in [-0.3, -0.25) is 14.9 Å². The van der Waals surface area contributed by atoms with Crippen LogP contribution < -0.4 is 5.32 Å². The van der Waals surface area contributed by atoms with E-state index in [9.17, 15) is 14.9 Å². The van der Waals surface area contributed by atoms with Crippen LogP contribution in [-0.4, -0.2) is 15.8 Å². The molecule has 0 aliphatic heterocycles. The van der Waals surface area contributed by atoms with Gasteiger partial charge in [-0.1, -0.05) is 22.9 Å². The Morgan fingerprint density at radius 3 is 2.84 bits per heavy atom. The molecule has 0 fully saturated rings. The lowest BCUT2D eigenvalue weighted by molar-refractivity contribution is -0.380. The van der Waals surface area contributed by atoms with E-state index in [4.69, 9.17) is 11.6 Å². The molecule has 1 N–H and O–H groups in total. The molecular formula is C11H8ClN3O3S. The second-order valence-electron chi connectivity index (χ2n) is 3.68. The number of thiophene rings is 1. The van der Waals surface area contributed by atoms with Gasteiger partial charge < -0.3 is 5.32 Å². The van der Waals surface area contributed by atoms with Gasteiger partial charge >= 0.3 is 5.00 Å². The van der Waals surface area contributed by atoms with Gasteiger partial charge in [0, 0.05) is 6.07 Å². The molecule has 0 unspecified atom stereocenters. The smallest absolute Gasteiger partial charge is 0.320 e. The van der Waals surface area contributed by atoms with Crippen LogP contribution in [0, 0.1) is 17.0 Å². The Morgan fingerprint density at radius 2 is 2.26 bits per heavy atom. The van der Waals surface area contributed by atoms with Gasteiger partial charge in [0.2, 0.25) is 0 Å². The molecule has 98 valence electrons. The Labute approximate surface area is 117 Å². The maximum absolute atomic E-state index is 11.9. The summed E-state index contributed by atoms with van der Waals surface area (Å²) in [5.41, 5.74) is 1.22. The van der Waals surface area contributed by atoms with Crippen LogP contribution in [0.15, 0.2) is 24.4 Å². The molecule has 2 heterocycles. The zero-order chi connectivity index (χ0) is 14.0. The first-order valence-electron chi connectivity index (χ1n) is 5.15. The minimum absolute atomic E-state index is 0.0736. The Hall–Kier alpha value is -1.99. The quantitative estimate of drug-likeness (QED) is 0.535. The van der Waals surface area contributed by atoms with Crippen molar-refractivity contribution in [3.8, 4) is 0 Å². The average molecular weight is 298 g/mol. The second kappa shape index (κ2) is 5.33. The zero-order valence-electron chi connectivity index (χ0n) is 9.71. The van der Waals surface area contributed by atoms with Crippen LogP contribution in [0.1, 0.15) is 15.2 Å². The lowest BCUT2D eigenvalue weighted by Gasteiger charge is -2.04. The number of hydrogen-bond donors (Lipinski definition) is 1. The van der Waals surface area contributed by atoms with Crippen LogP contribution in [0.25, 0.3) is 0 Å². The number of pyridine rings is 1. The number of rotatable bonds is 3. The molecule has 0 radical (unpaired) electrons. The van der Waals surface area contributed by atoms with Crippen LogP contribution in [0.2, 0.25) is 5.15 Å². The van der Waals surface area contributed by atoms with Crippen LogP contribution >= 0.6 is 22.9 Å². The summed E-state index contributed by atoms with van der Waals surface area (Å²) >= 11 is 6.59. The Balaban J connectivity index is 2.15. The van der Waals surface area contributed by atoms with Crippen molar-refractivity contribution >= 4 is 39.5 Å². The molecule has 2 aromatic heterocycles. The summed E-state index contributed by atoms with van der Waals surface area (Å²) in [5, 5.41) is 13.4. The fourth-order valence-corrected chi connectivity index (χ4v) is 2.19. The highest BCUT2D eigenvalue weighted by Crippen LogP contribution is 2.25. The summed E-state index contributed by atoms with van der Waals surface area (Å²) in [6.45, 7) is 1.76. The van der Waals surface area contributed by atoms with E-state index in [0.29, 0.717) is 10.8 Å². The highest BCUT2D eigenvalue weighted by atomic mass is 35.5. The number of amides is 1. The SMILES string of the molecule is Cc1cc(NC(=O)c2ccc([N+](=O)[O-])s2)cnc1Cl. The monoisotopic (exact) mass is 297 g/mol. The summed E-state index contributed by atoms with van der Waals surface area (Å²) < 4.78 is 0. The van der Waals surface area contributed by atoms with E-state index in [1.807, 2.05) is 0 Å². The number of hydrogen-bond acceptors (Lipinski definition) is 5. The topological polar surface area (TPSA) is 85.1 Å². The molecule has 0 aromatic carbocycles. The number of aromatic nitrogens is 1. The third-order valence-electron chi connectivity index (χ3n) is 2.27. The summed E-state index contributed by atoms with van der Waals surface area (Å²) in [6.07, 6.45) is 1.43. The molecule has 8 heteroatoms. The van der Waals surface area contributed by atoms with Crippen molar-refractivity contribution in [2.75, 3.05) is 5.32 Å². The molecule has 0 aliphatic rings. The van der Waals surface area contributed by atoms with Crippen molar-refractivity contribution in [1.82, 2.24) is 4.98 Å². The fraction of sp³-hybridized carbons (Fsp3) is 0.0909. The Morgan fingerprint density at radius 1 is 1.53 bits per heavy atom. The molecule has 0 aliphatic carbocycles. The summed E-state index contributed by atoms with van der Waals surface area (Å²) in [4.78, 5) is 26.0. The minimum atomic E-state index is -0.532. The van der Waals surface area contributed by atoms with Crippen molar-refractivity contribution in [2.24, 2.45) is 0 Å². The number of halogens is 1. The maximum Gasteiger partial charge on any atom is 0.324 e. The van der Waals surface area contributed by atoms with E-state index in [1.165, 1.54) is 18.3 Å². The van der Waals surface area contributed by atoms with Crippen molar-refractivity contribution in [1.29, 1.82) is 0 Å². The lowest BCUT2D eigenvalue weighted by atomic mass is 10.3. The first-order valence-corrected chi connectivity index (χ1v) is 6.34. The summed E-state index contributed by atoms with van der Waals surface area (Å²) in [5.74, 6) is -0.415. The van der Waals surface area contributed by atoms with E-state index < -0.39 is 10.8 Å². The van der Waals surface area contributed by atoms with E-state index in [1.54, 1.807) is 13.0 Å². The fourth-order valence-electron chi connectivity index (χ4n) is 1.37. The standard InChI is InChI=1S/C11H8ClN3O3S/c1-6-4-7(5-13-10(6)12)14-11(16)8-2-3-9(19-8)15(17)18/h2-5H,1H3,(H,14,16). The van der Waals surface area contributed by atoms with Crippen molar-refractivity contribution in [3.63, 3.8) is 0 Å². The Bertz CT molecular complexity index is 656. The molecule has 6 nitrogen and oxygen atoms in total. The van der Waals surface area contributed by atoms with Crippen molar-refractivity contribution in [2.45, 2.75) is 6.92 Å². The summed E-state index contributed by atoms with van der Waals surface area (Å²) in [6, 6.07) is 4.38. The van der Waals surface area contributed by atoms with Gasteiger partial charge in [-0.2, -0.15) is 0 Å². The van der Waals surface area contributed by atoms with E-state index in [2.05, 4.69) is 10.3 Å². The van der Waals surface area contributed by atoms with Gasteiger partial charge in [-0.15, -0.1) is 0 Å². The molecule has 2 aromatic rings. The van der Waals surface area contributed by atoms with Crippen molar-refractivity contribution < 1.29 is 9.72 Å². The number of nitrogens with zero attached hydrogens (tertiary/aromatic N) is 2. The highest BCUT2D eigenvalue weighted by Gasteiger charge is 2.15. The number of carbonyl (C=O) groups is 1. The molecule has 0 bridgehead atoms. The predicted molar refractivity (Wildman–Crippen MR) is 72.9 cm³/mol.